The van der Waals surface area contributed by atoms with Crippen LogP contribution in [0.3, 0.4) is 0 Å². The van der Waals surface area contributed by atoms with Gasteiger partial charge in [-0.25, -0.2) is 4.98 Å². The smallest absolute Gasteiger partial charge is 0.255 e. The van der Waals surface area contributed by atoms with E-state index in [4.69, 9.17) is 10.5 Å². The number of halogens is 1. The lowest BCUT2D eigenvalue weighted by Crippen LogP contribution is -2.29. The average molecular weight is 376 g/mol. The number of carbonyl (C=O) groups is 1. The third kappa shape index (κ3) is 3.89. The summed E-state index contributed by atoms with van der Waals surface area (Å²) >= 11 is 3.40. The number of amides is 1. The molecule has 0 unspecified atom stereocenters. The summed E-state index contributed by atoms with van der Waals surface area (Å²) in [5.41, 5.74) is 6.24. The van der Waals surface area contributed by atoms with Gasteiger partial charge < -0.3 is 15.4 Å². The predicted molar refractivity (Wildman–Crippen MR) is 91.5 cm³/mol. The molecule has 1 amide bonds. The highest BCUT2D eigenvalue weighted by Gasteiger charge is 2.26. The standard InChI is InChI=1S/C17H18BrN3O2/c18-14-2-1-3-15(8-14)23-16-5-4-13(10-20-16)17(22)21-7-6-12(9-19)11-21/h1-5,8,10,12H,6-7,9,11,19H2/t12-/m1/s1. The largest absolute Gasteiger partial charge is 0.439 e. The molecule has 0 spiro atoms. The van der Waals surface area contributed by atoms with Crippen LogP contribution >= 0.6 is 15.9 Å². The number of nitrogens with two attached hydrogens (primary N) is 1. The zero-order valence-corrected chi connectivity index (χ0v) is 14.2. The van der Waals surface area contributed by atoms with Gasteiger partial charge in [0.2, 0.25) is 5.88 Å². The maximum absolute atomic E-state index is 12.4. The van der Waals surface area contributed by atoms with Gasteiger partial charge in [0.15, 0.2) is 0 Å². The number of likely N-dealkylation sites (tertiary alicyclic amines) is 1. The summed E-state index contributed by atoms with van der Waals surface area (Å²) in [7, 11) is 0. The zero-order chi connectivity index (χ0) is 16.2. The van der Waals surface area contributed by atoms with Crippen molar-refractivity contribution in [2.45, 2.75) is 6.42 Å². The summed E-state index contributed by atoms with van der Waals surface area (Å²) in [4.78, 5) is 18.5. The van der Waals surface area contributed by atoms with Crippen LogP contribution in [0.5, 0.6) is 11.6 Å². The summed E-state index contributed by atoms with van der Waals surface area (Å²) in [6.07, 6.45) is 2.53. The molecule has 1 fully saturated rings. The number of pyridine rings is 1. The van der Waals surface area contributed by atoms with Crippen LogP contribution in [0.1, 0.15) is 16.8 Å². The maximum atomic E-state index is 12.4. The first-order valence-corrected chi connectivity index (χ1v) is 8.34. The Hall–Kier alpha value is -1.92. The van der Waals surface area contributed by atoms with E-state index in [1.807, 2.05) is 29.2 Å². The van der Waals surface area contributed by atoms with Gasteiger partial charge in [-0.3, -0.25) is 4.79 Å². The molecule has 1 aromatic heterocycles. The van der Waals surface area contributed by atoms with Gasteiger partial charge in [-0.15, -0.1) is 0 Å². The normalized spacial score (nSPS) is 17.3. The molecule has 6 heteroatoms. The van der Waals surface area contributed by atoms with Crippen LogP contribution in [0, 0.1) is 5.92 Å². The minimum absolute atomic E-state index is 0.00227. The molecule has 1 aromatic carbocycles. The van der Waals surface area contributed by atoms with Gasteiger partial charge in [-0.1, -0.05) is 22.0 Å². The summed E-state index contributed by atoms with van der Waals surface area (Å²) in [5, 5.41) is 0. The first-order valence-electron chi connectivity index (χ1n) is 7.54. The van der Waals surface area contributed by atoms with Crippen LogP contribution in [0.15, 0.2) is 47.1 Å². The lowest BCUT2D eigenvalue weighted by molar-refractivity contribution is 0.0787. The minimum Gasteiger partial charge on any atom is -0.439 e. The van der Waals surface area contributed by atoms with Gasteiger partial charge in [-0.05, 0) is 43.1 Å². The number of hydrogen-bond acceptors (Lipinski definition) is 4. The molecule has 0 radical (unpaired) electrons. The first-order chi connectivity index (χ1) is 11.2. The van der Waals surface area contributed by atoms with Crippen molar-refractivity contribution in [1.29, 1.82) is 0 Å². The van der Waals surface area contributed by atoms with Crippen molar-refractivity contribution < 1.29 is 9.53 Å². The fourth-order valence-electron chi connectivity index (χ4n) is 2.61. The summed E-state index contributed by atoms with van der Waals surface area (Å²) in [6, 6.07) is 11.0. The van der Waals surface area contributed by atoms with Crippen molar-refractivity contribution in [1.82, 2.24) is 9.88 Å². The molecule has 2 heterocycles. The lowest BCUT2D eigenvalue weighted by atomic mass is 10.1. The third-order valence-corrected chi connectivity index (χ3v) is 4.40. The van der Waals surface area contributed by atoms with Crippen molar-refractivity contribution in [3.8, 4) is 11.6 Å². The fourth-order valence-corrected chi connectivity index (χ4v) is 2.99. The van der Waals surface area contributed by atoms with E-state index in [0.717, 1.165) is 24.0 Å². The van der Waals surface area contributed by atoms with Crippen molar-refractivity contribution in [2.75, 3.05) is 19.6 Å². The first kappa shape index (κ1) is 16.0. The molecule has 2 N–H and O–H groups in total. The van der Waals surface area contributed by atoms with Gasteiger partial charge in [0, 0.05) is 29.8 Å². The van der Waals surface area contributed by atoms with Crippen molar-refractivity contribution in [3.63, 3.8) is 0 Å². The Morgan fingerprint density at radius 3 is 2.91 bits per heavy atom. The topological polar surface area (TPSA) is 68.5 Å². The molecular formula is C17H18BrN3O2. The molecule has 1 aliphatic heterocycles. The number of rotatable bonds is 4. The Bertz CT molecular complexity index is 690. The fraction of sp³-hybridized carbons (Fsp3) is 0.294. The Labute approximate surface area is 143 Å². The maximum Gasteiger partial charge on any atom is 0.255 e. The Kier molecular flexibility index (Phi) is 4.93. The number of hydrogen-bond donors (Lipinski definition) is 1. The second-order valence-electron chi connectivity index (χ2n) is 5.59. The molecule has 3 rings (SSSR count). The van der Waals surface area contributed by atoms with E-state index in [1.165, 1.54) is 0 Å². The Morgan fingerprint density at radius 1 is 1.39 bits per heavy atom. The molecule has 1 atom stereocenters. The van der Waals surface area contributed by atoms with E-state index in [1.54, 1.807) is 18.3 Å². The number of nitrogens with zero attached hydrogens (tertiary/aromatic N) is 2. The molecule has 1 aliphatic rings. The summed E-state index contributed by atoms with van der Waals surface area (Å²) < 4.78 is 6.61. The minimum atomic E-state index is 0.00227. The van der Waals surface area contributed by atoms with Crippen LogP contribution in [-0.2, 0) is 0 Å². The van der Waals surface area contributed by atoms with Crippen LogP contribution in [0.2, 0.25) is 0 Å². The van der Waals surface area contributed by atoms with E-state index in [0.29, 0.717) is 29.7 Å². The van der Waals surface area contributed by atoms with E-state index < -0.39 is 0 Å². The van der Waals surface area contributed by atoms with Gasteiger partial charge >= 0.3 is 0 Å². The molecule has 0 aliphatic carbocycles. The molecule has 1 saturated heterocycles. The number of benzene rings is 1. The monoisotopic (exact) mass is 375 g/mol. The lowest BCUT2D eigenvalue weighted by Gasteiger charge is -2.16. The van der Waals surface area contributed by atoms with Crippen molar-refractivity contribution in [2.24, 2.45) is 11.7 Å². The molecule has 23 heavy (non-hydrogen) atoms. The average Bonchev–Trinajstić information content (AvgIpc) is 3.04. The van der Waals surface area contributed by atoms with Gasteiger partial charge in [-0.2, -0.15) is 0 Å². The molecule has 0 saturated carbocycles. The van der Waals surface area contributed by atoms with Crippen LogP contribution in [0.4, 0.5) is 0 Å². The van der Waals surface area contributed by atoms with Gasteiger partial charge in [0.1, 0.15) is 5.75 Å². The quantitative estimate of drug-likeness (QED) is 0.891. The number of aromatic nitrogens is 1. The highest BCUT2D eigenvalue weighted by Crippen LogP contribution is 2.23. The highest BCUT2D eigenvalue weighted by molar-refractivity contribution is 9.10. The van der Waals surface area contributed by atoms with Gasteiger partial charge in [0.25, 0.3) is 5.91 Å². The van der Waals surface area contributed by atoms with Crippen LogP contribution in [-0.4, -0.2) is 35.4 Å². The van der Waals surface area contributed by atoms with Crippen LogP contribution in [0.25, 0.3) is 0 Å². The van der Waals surface area contributed by atoms with E-state index >= 15 is 0 Å². The molecule has 120 valence electrons. The van der Waals surface area contributed by atoms with E-state index in [2.05, 4.69) is 20.9 Å². The summed E-state index contributed by atoms with van der Waals surface area (Å²) in [6.45, 7) is 2.12. The SMILES string of the molecule is NC[C@H]1CCN(C(=O)c2ccc(Oc3cccc(Br)c3)nc2)C1. The number of ether oxygens (including phenoxy) is 1. The van der Waals surface area contributed by atoms with Crippen molar-refractivity contribution >= 4 is 21.8 Å². The van der Waals surface area contributed by atoms with Crippen LogP contribution < -0.4 is 10.5 Å². The third-order valence-electron chi connectivity index (χ3n) is 3.91. The molecule has 0 bridgehead atoms. The Balaban J connectivity index is 1.66. The molecular weight excluding hydrogens is 358 g/mol. The highest BCUT2D eigenvalue weighted by atomic mass is 79.9. The Morgan fingerprint density at radius 2 is 2.26 bits per heavy atom. The molecule has 2 aromatic rings. The second-order valence-corrected chi connectivity index (χ2v) is 6.50. The van der Waals surface area contributed by atoms with E-state index in [-0.39, 0.29) is 5.91 Å². The van der Waals surface area contributed by atoms with Crippen molar-refractivity contribution in [3.05, 3.63) is 52.6 Å². The van der Waals surface area contributed by atoms with Gasteiger partial charge in [0.05, 0.1) is 5.56 Å². The second kappa shape index (κ2) is 7.10. The van der Waals surface area contributed by atoms with E-state index in [9.17, 15) is 4.79 Å². The molecule has 5 nitrogen and oxygen atoms in total. The summed E-state index contributed by atoms with van der Waals surface area (Å²) in [5.74, 6) is 1.56. The zero-order valence-electron chi connectivity index (χ0n) is 12.6. The number of carbonyl (C=O) groups excluding carboxylic acids is 1. The predicted octanol–water partition coefficient (Wildman–Crippen LogP) is 3.06.